The first-order chi connectivity index (χ1) is 8.00. The van der Waals surface area contributed by atoms with Gasteiger partial charge in [-0.05, 0) is 30.7 Å². The Morgan fingerprint density at radius 1 is 1.24 bits per heavy atom. The Kier molecular flexibility index (Phi) is 5.15. The van der Waals surface area contributed by atoms with Crippen LogP contribution in [0.4, 0.5) is 0 Å². The number of amides is 2. The molecule has 0 bridgehead atoms. The summed E-state index contributed by atoms with van der Waals surface area (Å²) in [5.74, 6) is -0.232. The third-order valence-electron chi connectivity index (χ3n) is 2.20. The van der Waals surface area contributed by atoms with Gasteiger partial charge in [0.1, 0.15) is 0 Å². The van der Waals surface area contributed by atoms with Gasteiger partial charge in [-0.3, -0.25) is 9.59 Å². The molecule has 0 aliphatic rings. The van der Waals surface area contributed by atoms with Crippen LogP contribution in [0, 0.1) is 6.92 Å². The summed E-state index contributed by atoms with van der Waals surface area (Å²) in [6.45, 7) is 4.24. The molecule has 0 atom stereocenters. The second-order valence-corrected chi connectivity index (χ2v) is 4.56. The summed E-state index contributed by atoms with van der Waals surface area (Å²) < 4.78 is 0.979. The van der Waals surface area contributed by atoms with Crippen LogP contribution in [-0.4, -0.2) is 24.9 Å². The first-order valence-electron chi connectivity index (χ1n) is 5.29. The molecular formula is C12H15BrN2O2. The molecular weight excluding hydrogens is 284 g/mol. The maximum Gasteiger partial charge on any atom is 0.251 e. The minimum absolute atomic E-state index is 0.0984. The van der Waals surface area contributed by atoms with Gasteiger partial charge in [0.2, 0.25) is 5.91 Å². The Morgan fingerprint density at radius 2 is 1.88 bits per heavy atom. The van der Waals surface area contributed by atoms with E-state index in [0.717, 1.165) is 10.0 Å². The second kappa shape index (κ2) is 6.39. The quantitative estimate of drug-likeness (QED) is 0.830. The van der Waals surface area contributed by atoms with Crippen molar-refractivity contribution >= 4 is 27.7 Å². The van der Waals surface area contributed by atoms with E-state index in [2.05, 4.69) is 26.6 Å². The molecule has 0 fully saturated rings. The SMILES string of the molecule is CC(=O)NCCNC(=O)c1ccc(Br)c(C)c1. The first-order valence-corrected chi connectivity index (χ1v) is 6.09. The van der Waals surface area contributed by atoms with Crippen LogP contribution in [0.1, 0.15) is 22.8 Å². The van der Waals surface area contributed by atoms with E-state index in [9.17, 15) is 9.59 Å². The van der Waals surface area contributed by atoms with E-state index in [1.54, 1.807) is 6.07 Å². The highest BCUT2D eigenvalue weighted by Crippen LogP contribution is 2.16. The Bertz CT molecular complexity index is 433. The molecule has 5 heteroatoms. The van der Waals surface area contributed by atoms with Crippen molar-refractivity contribution in [2.45, 2.75) is 13.8 Å². The smallest absolute Gasteiger partial charge is 0.251 e. The van der Waals surface area contributed by atoms with E-state index in [4.69, 9.17) is 0 Å². The predicted octanol–water partition coefficient (Wildman–Crippen LogP) is 1.62. The molecule has 0 saturated heterocycles. The summed E-state index contributed by atoms with van der Waals surface area (Å²) in [7, 11) is 0. The van der Waals surface area contributed by atoms with Crippen LogP contribution in [-0.2, 0) is 4.79 Å². The van der Waals surface area contributed by atoms with Crippen molar-refractivity contribution in [3.8, 4) is 0 Å². The van der Waals surface area contributed by atoms with Crippen molar-refractivity contribution in [3.63, 3.8) is 0 Å². The van der Waals surface area contributed by atoms with E-state index in [1.165, 1.54) is 6.92 Å². The monoisotopic (exact) mass is 298 g/mol. The van der Waals surface area contributed by atoms with Crippen LogP contribution in [0.5, 0.6) is 0 Å². The topological polar surface area (TPSA) is 58.2 Å². The van der Waals surface area contributed by atoms with E-state index in [1.807, 2.05) is 19.1 Å². The highest BCUT2D eigenvalue weighted by atomic mass is 79.9. The third kappa shape index (κ3) is 4.56. The van der Waals surface area contributed by atoms with Gasteiger partial charge in [-0.25, -0.2) is 0 Å². The summed E-state index contributed by atoms with van der Waals surface area (Å²) in [6, 6.07) is 5.42. The molecule has 1 aromatic rings. The normalized spacial score (nSPS) is 9.82. The fraction of sp³-hybridized carbons (Fsp3) is 0.333. The van der Waals surface area contributed by atoms with Crippen LogP contribution < -0.4 is 10.6 Å². The average molecular weight is 299 g/mol. The fourth-order valence-electron chi connectivity index (χ4n) is 1.30. The molecule has 0 aromatic heterocycles. The van der Waals surface area contributed by atoms with Gasteiger partial charge in [-0.15, -0.1) is 0 Å². The molecule has 0 heterocycles. The summed E-state index contributed by atoms with van der Waals surface area (Å²) >= 11 is 3.38. The molecule has 4 nitrogen and oxygen atoms in total. The Morgan fingerprint density at radius 3 is 2.47 bits per heavy atom. The number of nitrogens with one attached hydrogen (secondary N) is 2. The van der Waals surface area contributed by atoms with Crippen molar-refractivity contribution in [1.82, 2.24) is 10.6 Å². The highest BCUT2D eigenvalue weighted by Gasteiger charge is 2.06. The van der Waals surface area contributed by atoms with Crippen LogP contribution in [0.15, 0.2) is 22.7 Å². The lowest BCUT2D eigenvalue weighted by Crippen LogP contribution is -2.33. The molecule has 2 amide bonds. The van der Waals surface area contributed by atoms with Gasteiger partial charge in [-0.1, -0.05) is 15.9 Å². The maximum atomic E-state index is 11.7. The van der Waals surface area contributed by atoms with Crippen LogP contribution in [0.25, 0.3) is 0 Å². The molecule has 17 heavy (non-hydrogen) atoms. The fourth-order valence-corrected chi connectivity index (χ4v) is 1.55. The van der Waals surface area contributed by atoms with Gasteiger partial charge in [0, 0.05) is 30.0 Å². The number of benzene rings is 1. The number of hydrogen-bond donors (Lipinski definition) is 2. The molecule has 1 aromatic carbocycles. The van der Waals surface area contributed by atoms with Gasteiger partial charge >= 0.3 is 0 Å². The number of halogens is 1. The van der Waals surface area contributed by atoms with Gasteiger partial charge < -0.3 is 10.6 Å². The van der Waals surface area contributed by atoms with Crippen molar-refractivity contribution < 1.29 is 9.59 Å². The van der Waals surface area contributed by atoms with E-state index >= 15 is 0 Å². The number of carbonyl (C=O) groups excluding carboxylic acids is 2. The van der Waals surface area contributed by atoms with E-state index in [-0.39, 0.29) is 11.8 Å². The van der Waals surface area contributed by atoms with Crippen LogP contribution in [0.2, 0.25) is 0 Å². The van der Waals surface area contributed by atoms with Crippen LogP contribution in [0.3, 0.4) is 0 Å². The number of hydrogen-bond acceptors (Lipinski definition) is 2. The van der Waals surface area contributed by atoms with Gasteiger partial charge in [-0.2, -0.15) is 0 Å². The number of aryl methyl sites for hydroxylation is 1. The number of rotatable bonds is 4. The van der Waals surface area contributed by atoms with E-state index < -0.39 is 0 Å². The standard InChI is InChI=1S/C12H15BrN2O2/c1-8-7-10(3-4-11(8)13)12(17)15-6-5-14-9(2)16/h3-4,7H,5-6H2,1-2H3,(H,14,16)(H,15,17). The van der Waals surface area contributed by atoms with Gasteiger partial charge in [0.25, 0.3) is 5.91 Å². The Balaban J connectivity index is 2.47. The summed E-state index contributed by atoms with van der Waals surface area (Å²) in [5, 5.41) is 5.34. The minimum Gasteiger partial charge on any atom is -0.355 e. The lowest BCUT2D eigenvalue weighted by atomic mass is 10.1. The second-order valence-electron chi connectivity index (χ2n) is 3.70. The molecule has 0 radical (unpaired) electrons. The molecule has 0 aliphatic heterocycles. The molecule has 92 valence electrons. The molecule has 0 aliphatic carbocycles. The maximum absolute atomic E-state index is 11.7. The van der Waals surface area contributed by atoms with E-state index in [0.29, 0.717) is 18.7 Å². The highest BCUT2D eigenvalue weighted by molar-refractivity contribution is 9.10. The van der Waals surface area contributed by atoms with Crippen molar-refractivity contribution in [1.29, 1.82) is 0 Å². The average Bonchev–Trinajstić information content (AvgIpc) is 2.27. The minimum atomic E-state index is -0.133. The largest absolute Gasteiger partial charge is 0.355 e. The molecule has 1 rings (SSSR count). The zero-order valence-corrected chi connectivity index (χ0v) is 11.4. The zero-order chi connectivity index (χ0) is 12.8. The lowest BCUT2D eigenvalue weighted by molar-refractivity contribution is -0.118. The van der Waals surface area contributed by atoms with Crippen molar-refractivity contribution in [2.75, 3.05) is 13.1 Å². The molecule has 0 saturated carbocycles. The number of carbonyl (C=O) groups is 2. The Hall–Kier alpha value is -1.36. The van der Waals surface area contributed by atoms with Crippen molar-refractivity contribution in [3.05, 3.63) is 33.8 Å². The molecule has 2 N–H and O–H groups in total. The lowest BCUT2D eigenvalue weighted by Gasteiger charge is -2.07. The first kappa shape index (κ1) is 13.7. The molecule has 0 spiro atoms. The van der Waals surface area contributed by atoms with Crippen molar-refractivity contribution in [2.24, 2.45) is 0 Å². The summed E-state index contributed by atoms with van der Waals surface area (Å²) in [4.78, 5) is 22.3. The predicted molar refractivity (Wildman–Crippen MR) is 69.9 cm³/mol. The van der Waals surface area contributed by atoms with Gasteiger partial charge in [0.15, 0.2) is 0 Å². The van der Waals surface area contributed by atoms with Crippen LogP contribution >= 0.6 is 15.9 Å². The molecule has 0 unspecified atom stereocenters. The zero-order valence-electron chi connectivity index (χ0n) is 9.84. The van der Waals surface area contributed by atoms with Gasteiger partial charge in [0.05, 0.1) is 0 Å². The summed E-state index contributed by atoms with van der Waals surface area (Å²) in [5.41, 5.74) is 1.63. The third-order valence-corrected chi connectivity index (χ3v) is 3.09. The Labute approximate surface area is 109 Å². The summed E-state index contributed by atoms with van der Waals surface area (Å²) in [6.07, 6.45) is 0.